The van der Waals surface area contributed by atoms with Gasteiger partial charge in [0.25, 0.3) is 0 Å². The fraction of sp³-hybridized carbons (Fsp3) is 0.100. The molecule has 0 radical (unpaired) electrons. The highest BCUT2D eigenvalue weighted by atomic mass is 127. The van der Waals surface area contributed by atoms with Crippen molar-refractivity contribution in [3.05, 3.63) is 39.6 Å². The standard InChI is InChI=1S/C10H5F3IN/c11-10(12,13)8-3-1-2-6-4-7(14)5-15-9(6)8/h1-5H. The van der Waals surface area contributed by atoms with Crippen LogP contribution in [0.3, 0.4) is 0 Å². The number of fused-ring (bicyclic) bond motifs is 1. The van der Waals surface area contributed by atoms with E-state index < -0.39 is 11.7 Å². The number of halogens is 4. The monoisotopic (exact) mass is 323 g/mol. The molecule has 1 aromatic heterocycles. The Kier molecular flexibility index (Phi) is 2.57. The fourth-order valence-electron chi connectivity index (χ4n) is 1.36. The summed E-state index contributed by atoms with van der Waals surface area (Å²) in [5, 5.41) is 0.511. The topological polar surface area (TPSA) is 12.9 Å². The molecule has 1 aromatic carbocycles. The van der Waals surface area contributed by atoms with Crippen molar-refractivity contribution in [1.29, 1.82) is 0 Å². The molecule has 15 heavy (non-hydrogen) atoms. The summed E-state index contributed by atoms with van der Waals surface area (Å²) in [6.07, 6.45) is -2.92. The number of nitrogens with zero attached hydrogens (tertiary/aromatic N) is 1. The average Bonchev–Trinajstić information content (AvgIpc) is 2.15. The smallest absolute Gasteiger partial charge is 0.255 e. The van der Waals surface area contributed by atoms with Crippen molar-refractivity contribution in [3.63, 3.8) is 0 Å². The van der Waals surface area contributed by atoms with E-state index in [2.05, 4.69) is 4.98 Å². The van der Waals surface area contributed by atoms with E-state index in [1.165, 1.54) is 12.3 Å². The molecule has 0 N–H and O–H groups in total. The third kappa shape index (κ3) is 2.06. The second-order valence-electron chi connectivity index (χ2n) is 3.03. The lowest BCUT2D eigenvalue weighted by Crippen LogP contribution is -2.06. The molecule has 0 aliphatic heterocycles. The average molecular weight is 323 g/mol. The Morgan fingerprint density at radius 2 is 1.93 bits per heavy atom. The second kappa shape index (κ2) is 3.62. The Bertz CT molecular complexity index is 507. The molecule has 5 heteroatoms. The van der Waals surface area contributed by atoms with Crippen LogP contribution in [-0.4, -0.2) is 4.98 Å². The summed E-state index contributed by atoms with van der Waals surface area (Å²) in [4.78, 5) is 3.82. The minimum absolute atomic E-state index is 0.00501. The molecule has 0 fully saturated rings. The molecule has 0 aliphatic rings. The van der Waals surface area contributed by atoms with E-state index in [-0.39, 0.29) is 5.52 Å². The highest BCUT2D eigenvalue weighted by Crippen LogP contribution is 2.33. The molecule has 2 aromatic rings. The highest BCUT2D eigenvalue weighted by molar-refractivity contribution is 14.1. The SMILES string of the molecule is FC(F)(F)c1cccc2cc(I)cnc12. The molecule has 1 nitrogen and oxygen atoms in total. The van der Waals surface area contributed by atoms with Gasteiger partial charge in [0.05, 0.1) is 11.1 Å². The number of aromatic nitrogens is 1. The molecule has 0 atom stereocenters. The Balaban J connectivity index is 2.77. The van der Waals surface area contributed by atoms with Crippen molar-refractivity contribution >= 4 is 33.5 Å². The van der Waals surface area contributed by atoms with Gasteiger partial charge in [-0.2, -0.15) is 13.2 Å². The third-order valence-electron chi connectivity index (χ3n) is 1.98. The van der Waals surface area contributed by atoms with Gasteiger partial charge in [0, 0.05) is 15.2 Å². The number of alkyl halides is 3. The zero-order valence-electron chi connectivity index (χ0n) is 7.35. The van der Waals surface area contributed by atoms with Gasteiger partial charge in [-0.1, -0.05) is 12.1 Å². The van der Waals surface area contributed by atoms with Crippen LogP contribution in [0.25, 0.3) is 10.9 Å². The van der Waals surface area contributed by atoms with Crippen LogP contribution < -0.4 is 0 Å². The Morgan fingerprint density at radius 1 is 1.20 bits per heavy atom. The van der Waals surface area contributed by atoms with Crippen LogP contribution in [0.2, 0.25) is 0 Å². The number of hydrogen-bond donors (Lipinski definition) is 0. The Morgan fingerprint density at radius 3 is 2.60 bits per heavy atom. The zero-order valence-corrected chi connectivity index (χ0v) is 9.50. The molecular formula is C10H5F3IN. The van der Waals surface area contributed by atoms with Gasteiger partial charge in [0.1, 0.15) is 0 Å². The molecule has 0 aliphatic carbocycles. The highest BCUT2D eigenvalue weighted by Gasteiger charge is 2.32. The minimum Gasteiger partial charge on any atom is -0.255 e. The van der Waals surface area contributed by atoms with Crippen LogP contribution >= 0.6 is 22.6 Å². The van der Waals surface area contributed by atoms with Gasteiger partial charge >= 0.3 is 6.18 Å². The van der Waals surface area contributed by atoms with Gasteiger partial charge in [-0.3, -0.25) is 4.98 Å². The lowest BCUT2D eigenvalue weighted by Gasteiger charge is -2.09. The fourth-order valence-corrected chi connectivity index (χ4v) is 1.84. The summed E-state index contributed by atoms with van der Waals surface area (Å²) in [6, 6.07) is 5.74. The molecule has 0 spiro atoms. The van der Waals surface area contributed by atoms with Crippen molar-refractivity contribution in [2.24, 2.45) is 0 Å². The number of para-hydroxylation sites is 1. The van der Waals surface area contributed by atoms with Crippen LogP contribution in [0.1, 0.15) is 5.56 Å². The first-order valence-electron chi connectivity index (χ1n) is 4.10. The number of hydrogen-bond acceptors (Lipinski definition) is 1. The van der Waals surface area contributed by atoms with Crippen molar-refractivity contribution in [3.8, 4) is 0 Å². The number of rotatable bonds is 0. The molecule has 0 unspecified atom stereocenters. The second-order valence-corrected chi connectivity index (χ2v) is 4.27. The van der Waals surface area contributed by atoms with Gasteiger partial charge in [0.2, 0.25) is 0 Å². The van der Waals surface area contributed by atoms with Crippen molar-refractivity contribution in [2.45, 2.75) is 6.18 Å². The first kappa shape index (κ1) is 10.7. The van der Waals surface area contributed by atoms with Gasteiger partial charge in [-0.05, 0) is 34.7 Å². The van der Waals surface area contributed by atoms with E-state index in [1.54, 1.807) is 12.1 Å². The van der Waals surface area contributed by atoms with Crippen molar-refractivity contribution < 1.29 is 13.2 Å². The first-order valence-corrected chi connectivity index (χ1v) is 5.18. The minimum atomic E-state index is -4.35. The van der Waals surface area contributed by atoms with E-state index >= 15 is 0 Å². The maximum atomic E-state index is 12.6. The summed E-state index contributed by atoms with van der Waals surface area (Å²) < 4.78 is 38.5. The predicted octanol–water partition coefficient (Wildman–Crippen LogP) is 3.86. The number of pyridine rings is 1. The van der Waals surface area contributed by atoms with Gasteiger partial charge < -0.3 is 0 Å². The van der Waals surface area contributed by atoms with E-state index in [0.717, 1.165) is 9.64 Å². The molecule has 0 amide bonds. The van der Waals surface area contributed by atoms with Crippen LogP contribution in [0.4, 0.5) is 13.2 Å². The number of benzene rings is 1. The summed E-state index contributed by atoms with van der Waals surface area (Å²) in [5.74, 6) is 0. The molecular weight excluding hydrogens is 318 g/mol. The third-order valence-corrected chi connectivity index (χ3v) is 2.57. The van der Waals surface area contributed by atoms with E-state index in [0.29, 0.717) is 5.39 Å². The lowest BCUT2D eigenvalue weighted by atomic mass is 10.1. The van der Waals surface area contributed by atoms with Crippen LogP contribution in [-0.2, 0) is 6.18 Å². The molecule has 0 bridgehead atoms. The first-order chi connectivity index (χ1) is 6.98. The zero-order chi connectivity index (χ0) is 11.1. The van der Waals surface area contributed by atoms with Crippen LogP contribution in [0.15, 0.2) is 30.5 Å². The summed E-state index contributed by atoms with van der Waals surface area (Å²) in [7, 11) is 0. The van der Waals surface area contributed by atoms with E-state index in [1.807, 2.05) is 22.6 Å². The van der Waals surface area contributed by atoms with Crippen molar-refractivity contribution in [1.82, 2.24) is 4.98 Å². The quantitative estimate of drug-likeness (QED) is 0.671. The normalized spacial score (nSPS) is 12.0. The van der Waals surface area contributed by atoms with Crippen LogP contribution in [0.5, 0.6) is 0 Å². The molecule has 1 heterocycles. The summed E-state index contributed by atoms with van der Waals surface area (Å²) >= 11 is 2.02. The molecule has 0 saturated heterocycles. The molecule has 78 valence electrons. The Hall–Kier alpha value is -0.850. The molecule has 2 rings (SSSR count). The van der Waals surface area contributed by atoms with Crippen molar-refractivity contribution in [2.75, 3.05) is 0 Å². The van der Waals surface area contributed by atoms with Gasteiger partial charge in [0.15, 0.2) is 0 Å². The Labute approximate surface area is 97.5 Å². The predicted molar refractivity (Wildman–Crippen MR) is 59.5 cm³/mol. The van der Waals surface area contributed by atoms with E-state index in [4.69, 9.17) is 0 Å². The maximum Gasteiger partial charge on any atom is 0.418 e. The van der Waals surface area contributed by atoms with Crippen LogP contribution in [0, 0.1) is 3.57 Å². The maximum absolute atomic E-state index is 12.6. The largest absolute Gasteiger partial charge is 0.418 e. The molecule has 0 saturated carbocycles. The summed E-state index contributed by atoms with van der Waals surface area (Å²) in [6.45, 7) is 0. The lowest BCUT2D eigenvalue weighted by molar-refractivity contribution is -0.136. The van der Waals surface area contributed by atoms with E-state index in [9.17, 15) is 13.2 Å². The van der Waals surface area contributed by atoms with Gasteiger partial charge in [-0.25, -0.2) is 0 Å². The van der Waals surface area contributed by atoms with Gasteiger partial charge in [-0.15, -0.1) is 0 Å². The summed E-state index contributed by atoms with van der Waals surface area (Å²) in [5.41, 5.74) is -0.679.